The lowest BCUT2D eigenvalue weighted by atomic mass is 10.1. The number of hydrazone groups is 1. The molecular formula is C25H19ClN6O3. The zero-order chi connectivity index (χ0) is 25.3. The number of carbonyl (C=O) groups is 1. The van der Waals surface area contributed by atoms with Gasteiger partial charge in [0.15, 0.2) is 5.69 Å². The van der Waals surface area contributed by atoms with Gasteiger partial charge < -0.3 is 4.98 Å². The summed E-state index contributed by atoms with van der Waals surface area (Å²) in [4.78, 5) is 40.8. The third-order valence-corrected chi connectivity index (χ3v) is 5.87. The Hall–Kier alpha value is -4.55. The number of hydrogen-bond acceptors (Lipinski definition) is 6. The number of nitrogens with zero attached hydrogens (tertiary/aromatic N) is 4. The highest BCUT2D eigenvalue weighted by molar-refractivity contribution is 6.31. The third kappa shape index (κ3) is 4.60. The number of amides is 1. The van der Waals surface area contributed by atoms with Gasteiger partial charge in [-0.3, -0.25) is 14.4 Å². The minimum Gasteiger partial charge on any atom is -0.321 e. The van der Waals surface area contributed by atoms with Crippen molar-refractivity contribution >= 4 is 34.6 Å². The molecule has 0 radical (unpaired) electrons. The van der Waals surface area contributed by atoms with E-state index in [4.69, 9.17) is 11.6 Å². The van der Waals surface area contributed by atoms with Crippen LogP contribution < -0.4 is 16.5 Å². The fraction of sp³-hybridized carbons (Fsp3) is 0.120. The fourth-order valence-corrected chi connectivity index (χ4v) is 3.67. The number of carbonyl (C=O) groups excluding carboxylic acids is 1. The molecule has 1 amide bonds. The van der Waals surface area contributed by atoms with E-state index in [1.807, 2.05) is 31.2 Å². The van der Waals surface area contributed by atoms with Crippen molar-refractivity contribution in [2.45, 2.75) is 20.8 Å². The zero-order valence-electron chi connectivity index (χ0n) is 19.0. The fourth-order valence-electron chi connectivity index (χ4n) is 3.49. The molecule has 0 spiro atoms. The van der Waals surface area contributed by atoms with Crippen molar-refractivity contribution in [1.29, 1.82) is 5.26 Å². The van der Waals surface area contributed by atoms with Crippen molar-refractivity contribution in [2.24, 2.45) is 5.10 Å². The van der Waals surface area contributed by atoms with E-state index in [0.717, 1.165) is 21.2 Å². The number of H-pyrrole nitrogens is 1. The molecule has 2 heterocycles. The first-order valence-electron chi connectivity index (χ1n) is 10.5. The van der Waals surface area contributed by atoms with E-state index in [9.17, 15) is 19.6 Å². The van der Waals surface area contributed by atoms with Crippen molar-refractivity contribution in [3.8, 4) is 11.8 Å². The maximum atomic E-state index is 12.9. The highest BCUT2D eigenvalue weighted by atomic mass is 35.5. The smallest absolute Gasteiger partial charge is 0.292 e. The van der Waals surface area contributed by atoms with Crippen molar-refractivity contribution in [3.63, 3.8) is 0 Å². The average molecular weight is 487 g/mol. The van der Waals surface area contributed by atoms with Crippen molar-refractivity contribution < 1.29 is 4.79 Å². The number of nitrogens with one attached hydrogen (secondary N) is 2. The van der Waals surface area contributed by atoms with Gasteiger partial charge in [0, 0.05) is 16.1 Å². The van der Waals surface area contributed by atoms with E-state index in [1.54, 1.807) is 25.1 Å². The first-order valence-corrected chi connectivity index (χ1v) is 10.8. The van der Waals surface area contributed by atoms with E-state index >= 15 is 0 Å². The lowest BCUT2D eigenvalue weighted by Gasteiger charge is -2.11. The van der Waals surface area contributed by atoms with Crippen molar-refractivity contribution in [3.05, 3.63) is 102 Å². The average Bonchev–Trinajstić information content (AvgIpc) is 2.82. The molecule has 0 bridgehead atoms. The molecule has 2 aromatic carbocycles. The number of rotatable bonds is 4. The molecule has 4 rings (SSSR count). The van der Waals surface area contributed by atoms with Gasteiger partial charge in [-0.1, -0.05) is 29.3 Å². The van der Waals surface area contributed by atoms with Crippen LogP contribution in [0, 0.1) is 32.1 Å². The van der Waals surface area contributed by atoms with Gasteiger partial charge in [0.05, 0.1) is 17.5 Å². The largest absolute Gasteiger partial charge is 0.321 e. The van der Waals surface area contributed by atoms with Crippen LogP contribution in [0.1, 0.15) is 38.3 Å². The number of halogens is 1. The van der Waals surface area contributed by atoms with E-state index in [0.29, 0.717) is 16.2 Å². The normalized spacial score (nSPS) is 11.1. The standard InChI is InChI=1S/C25H19ClN6O3/c1-13-4-7-21-16(8-13)9-17(23(33)29-21)12-28-30-24(34)22-15(3)19(11-27)25(35)32(31-22)18-6-5-14(2)20(26)10-18/h4-10,12H,1-3H3,(H,29,33)(H,30,34)/b28-12+. The molecule has 2 N–H and O–H groups in total. The summed E-state index contributed by atoms with van der Waals surface area (Å²) in [5.74, 6) is -0.754. The van der Waals surface area contributed by atoms with Gasteiger partial charge in [-0.2, -0.15) is 20.1 Å². The molecule has 0 aliphatic carbocycles. The van der Waals surface area contributed by atoms with Gasteiger partial charge in [0.1, 0.15) is 11.6 Å². The molecule has 4 aromatic rings. The molecule has 0 unspecified atom stereocenters. The molecule has 2 aromatic heterocycles. The first-order chi connectivity index (χ1) is 16.7. The predicted octanol–water partition coefficient (Wildman–Crippen LogP) is 3.29. The summed E-state index contributed by atoms with van der Waals surface area (Å²) in [7, 11) is 0. The molecule has 0 atom stereocenters. The van der Waals surface area contributed by atoms with Gasteiger partial charge in [-0.15, -0.1) is 0 Å². The summed E-state index contributed by atoms with van der Waals surface area (Å²) in [5, 5.41) is 18.8. The number of aromatic nitrogens is 3. The number of hydrogen-bond donors (Lipinski definition) is 2. The van der Waals surface area contributed by atoms with Gasteiger partial charge in [0.25, 0.3) is 17.0 Å². The lowest BCUT2D eigenvalue weighted by Crippen LogP contribution is -2.31. The highest BCUT2D eigenvalue weighted by Crippen LogP contribution is 2.19. The second-order valence-electron chi connectivity index (χ2n) is 7.95. The number of aromatic amines is 1. The lowest BCUT2D eigenvalue weighted by molar-refractivity contribution is 0.0947. The van der Waals surface area contributed by atoms with Crippen LogP contribution in [0.25, 0.3) is 16.6 Å². The summed E-state index contributed by atoms with van der Waals surface area (Å²) in [6, 6.07) is 13.9. The van der Waals surface area contributed by atoms with Crippen LogP contribution in [0.4, 0.5) is 0 Å². The van der Waals surface area contributed by atoms with E-state index in [-0.39, 0.29) is 27.9 Å². The third-order valence-electron chi connectivity index (χ3n) is 5.46. The van der Waals surface area contributed by atoms with E-state index in [1.165, 1.54) is 19.2 Å². The number of nitriles is 1. The van der Waals surface area contributed by atoms with Crippen molar-refractivity contribution in [2.75, 3.05) is 0 Å². The molecule has 0 saturated heterocycles. The minimum absolute atomic E-state index is 0.110. The zero-order valence-corrected chi connectivity index (χ0v) is 19.8. The number of pyridine rings is 1. The topological polar surface area (TPSA) is 133 Å². The molecule has 0 aliphatic rings. The molecule has 10 heteroatoms. The Labute approximate surface area is 204 Å². The Morgan fingerprint density at radius 1 is 1.17 bits per heavy atom. The Balaban J connectivity index is 1.69. The molecule has 9 nitrogen and oxygen atoms in total. The molecular weight excluding hydrogens is 468 g/mol. The summed E-state index contributed by atoms with van der Waals surface area (Å²) >= 11 is 6.17. The number of aryl methyl sites for hydroxylation is 2. The van der Waals surface area contributed by atoms with Crippen molar-refractivity contribution in [1.82, 2.24) is 20.2 Å². The number of fused-ring (bicyclic) bond motifs is 1. The molecule has 0 fully saturated rings. The Kier molecular flexibility index (Phi) is 6.32. The second kappa shape index (κ2) is 9.37. The van der Waals surface area contributed by atoms with Gasteiger partial charge in [0.2, 0.25) is 0 Å². The van der Waals surface area contributed by atoms with E-state index in [2.05, 4.69) is 20.6 Å². The summed E-state index contributed by atoms with van der Waals surface area (Å²) in [6.45, 7) is 5.19. The minimum atomic E-state index is -0.754. The Bertz CT molecular complexity index is 1690. The van der Waals surface area contributed by atoms with Crippen LogP contribution in [0.15, 0.2) is 57.2 Å². The second-order valence-corrected chi connectivity index (χ2v) is 8.36. The predicted molar refractivity (Wildman–Crippen MR) is 133 cm³/mol. The SMILES string of the molecule is Cc1ccc2[nH]c(=O)c(/C=N/NC(=O)c3nn(-c4ccc(C)c(Cl)c4)c(=O)c(C#N)c3C)cc2c1. The molecule has 0 aliphatic heterocycles. The van der Waals surface area contributed by atoms with Crippen LogP contribution in [0.2, 0.25) is 5.02 Å². The summed E-state index contributed by atoms with van der Waals surface area (Å²) < 4.78 is 0.950. The Morgan fingerprint density at radius 2 is 1.94 bits per heavy atom. The molecule has 174 valence electrons. The molecule has 0 saturated carbocycles. The highest BCUT2D eigenvalue weighted by Gasteiger charge is 2.20. The number of benzene rings is 2. The van der Waals surface area contributed by atoms with Crippen LogP contribution in [0.5, 0.6) is 0 Å². The quantitative estimate of drug-likeness (QED) is 0.337. The van der Waals surface area contributed by atoms with Gasteiger partial charge in [-0.05, 0) is 62.1 Å². The maximum absolute atomic E-state index is 12.9. The van der Waals surface area contributed by atoms with E-state index < -0.39 is 11.5 Å². The first kappa shape index (κ1) is 23.6. The van der Waals surface area contributed by atoms with Gasteiger partial charge >= 0.3 is 0 Å². The monoisotopic (exact) mass is 486 g/mol. The molecule has 35 heavy (non-hydrogen) atoms. The summed E-state index contributed by atoms with van der Waals surface area (Å²) in [6.07, 6.45) is 1.22. The maximum Gasteiger partial charge on any atom is 0.292 e. The van der Waals surface area contributed by atoms with Crippen LogP contribution in [-0.4, -0.2) is 26.9 Å². The van der Waals surface area contributed by atoms with Gasteiger partial charge in [-0.25, -0.2) is 5.43 Å². The van der Waals surface area contributed by atoms with Crippen LogP contribution in [-0.2, 0) is 0 Å². The summed E-state index contributed by atoms with van der Waals surface area (Å²) in [5.41, 5.74) is 4.02. The van der Waals surface area contributed by atoms with Crippen LogP contribution >= 0.6 is 11.6 Å². The Morgan fingerprint density at radius 3 is 2.66 bits per heavy atom. The van der Waals surface area contributed by atoms with Crippen LogP contribution in [0.3, 0.4) is 0 Å².